The summed E-state index contributed by atoms with van der Waals surface area (Å²) < 4.78 is 0. The number of aryl methyl sites for hydroxylation is 2. The van der Waals surface area contributed by atoms with Crippen LogP contribution >= 0.6 is 11.3 Å². The predicted molar refractivity (Wildman–Crippen MR) is 86.4 cm³/mol. The topological polar surface area (TPSA) is 33.2 Å². The normalized spacial score (nSPS) is 11.4. The molecule has 114 valence electrons. The molecular formula is C16H28N2OS. The lowest BCUT2D eigenvalue weighted by atomic mass is 10.1. The zero-order chi connectivity index (χ0) is 15.3. The van der Waals surface area contributed by atoms with Crippen LogP contribution in [0.15, 0.2) is 0 Å². The zero-order valence-electron chi connectivity index (χ0n) is 13.7. The van der Waals surface area contributed by atoms with Crippen LogP contribution < -0.4 is 0 Å². The van der Waals surface area contributed by atoms with Gasteiger partial charge in [-0.3, -0.25) is 4.79 Å². The van der Waals surface area contributed by atoms with Gasteiger partial charge in [-0.1, -0.05) is 27.7 Å². The number of aromatic nitrogens is 1. The lowest BCUT2D eigenvalue weighted by Gasteiger charge is -2.24. The average Bonchev–Trinajstić information content (AvgIpc) is 2.67. The molecule has 4 heteroatoms. The fourth-order valence-corrected chi connectivity index (χ4v) is 2.90. The standard InChI is InChI=1S/C16H28N2OS/c1-11(2)7-9-18(10-8-12(3)4)16(19)15-13(5)17-14(6)20-15/h11-12H,7-10H2,1-6H3. The highest BCUT2D eigenvalue weighted by Gasteiger charge is 2.20. The number of nitrogens with zero attached hydrogens (tertiary/aromatic N) is 2. The highest BCUT2D eigenvalue weighted by molar-refractivity contribution is 7.13. The van der Waals surface area contributed by atoms with E-state index in [9.17, 15) is 4.79 Å². The molecule has 20 heavy (non-hydrogen) atoms. The maximum absolute atomic E-state index is 12.7. The largest absolute Gasteiger partial charge is 0.338 e. The fourth-order valence-electron chi connectivity index (χ4n) is 2.02. The van der Waals surface area contributed by atoms with Gasteiger partial charge in [-0.05, 0) is 38.5 Å². The molecule has 0 bridgehead atoms. The van der Waals surface area contributed by atoms with Gasteiger partial charge in [0, 0.05) is 13.1 Å². The van der Waals surface area contributed by atoms with Crippen molar-refractivity contribution in [2.24, 2.45) is 11.8 Å². The van der Waals surface area contributed by atoms with Crippen LogP contribution in [0, 0.1) is 25.7 Å². The Labute approximate surface area is 127 Å². The van der Waals surface area contributed by atoms with Crippen LogP contribution in [0.1, 0.15) is 60.9 Å². The number of rotatable bonds is 7. The monoisotopic (exact) mass is 296 g/mol. The molecule has 1 rings (SSSR count). The Bertz CT molecular complexity index is 426. The summed E-state index contributed by atoms with van der Waals surface area (Å²) in [6.07, 6.45) is 2.11. The quantitative estimate of drug-likeness (QED) is 0.752. The molecule has 0 atom stereocenters. The van der Waals surface area contributed by atoms with E-state index in [4.69, 9.17) is 0 Å². The highest BCUT2D eigenvalue weighted by Crippen LogP contribution is 2.20. The highest BCUT2D eigenvalue weighted by atomic mass is 32.1. The second-order valence-corrected chi connectivity index (χ2v) is 7.51. The summed E-state index contributed by atoms with van der Waals surface area (Å²) in [7, 11) is 0. The number of carbonyl (C=O) groups is 1. The minimum atomic E-state index is 0.161. The molecule has 1 heterocycles. The maximum atomic E-state index is 12.7. The average molecular weight is 296 g/mol. The third-order valence-electron chi connectivity index (χ3n) is 3.34. The van der Waals surface area contributed by atoms with E-state index in [0.29, 0.717) is 11.8 Å². The number of thiazole rings is 1. The van der Waals surface area contributed by atoms with E-state index in [1.54, 1.807) is 0 Å². The predicted octanol–water partition coefficient (Wildman–Crippen LogP) is 4.29. The van der Waals surface area contributed by atoms with Crippen LogP contribution in [0.4, 0.5) is 0 Å². The summed E-state index contributed by atoms with van der Waals surface area (Å²) in [5.41, 5.74) is 0.872. The molecule has 0 saturated carbocycles. The van der Waals surface area contributed by atoms with E-state index in [0.717, 1.165) is 41.5 Å². The lowest BCUT2D eigenvalue weighted by molar-refractivity contribution is 0.0745. The van der Waals surface area contributed by atoms with Crippen LogP contribution in [0.2, 0.25) is 0 Å². The summed E-state index contributed by atoms with van der Waals surface area (Å²) in [6, 6.07) is 0. The molecule has 0 unspecified atom stereocenters. The van der Waals surface area contributed by atoms with Crippen molar-refractivity contribution < 1.29 is 4.79 Å². The van der Waals surface area contributed by atoms with Crippen molar-refractivity contribution in [1.82, 2.24) is 9.88 Å². The van der Waals surface area contributed by atoms with Crippen LogP contribution in [0.3, 0.4) is 0 Å². The van der Waals surface area contributed by atoms with E-state index in [-0.39, 0.29) is 5.91 Å². The first-order chi connectivity index (χ1) is 9.31. The summed E-state index contributed by atoms with van der Waals surface area (Å²) in [5.74, 6) is 1.40. The molecule has 0 spiro atoms. The zero-order valence-corrected chi connectivity index (χ0v) is 14.5. The molecule has 0 fully saturated rings. The molecular weight excluding hydrogens is 268 g/mol. The van der Waals surface area contributed by atoms with Gasteiger partial charge in [0.2, 0.25) is 0 Å². The van der Waals surface area contributed by atoms with Crippen molar-refractivity contribution in [3.05, 3.63) is 15.6 Å². The summed E-state index contributed by atoms with van der Waals surface area (Å²) in [6.45, 7) is 14.4. The van der Waals surface area contributed by atoms with Gasteiger partial charge in [0.25, 0.3) is 5.91 Å². The van der Waals surface area contributed by atoms with Crippen molar-refractivity contribution in [3.8, 4) is 0 Å². The molecule has 1 aromatic heterocycles. The van der Waals surface area contributed by atoms with Gasteiger partial charge in [0.05, 0.1) is 10.7 Å². The molecule has 0 aliphatic rings. The van der Waals surface area contributed by atoms with Crippen molar-refractivity contribution in [1.29, 1.82) is 0 Å². The van der Waals surface area contributed by atoms with Crippen LogP contribution in [0.5, 0.6) is 0 Å². The Morgan fingerprint density at radius 2 is 1.60 bits per heavy atom. The van der Waals surface area contributed by atoms with Crippen molar-refractivity contribution >= 4 is 17.2 Å². The van der Waals surface area contributed by atoms with E-state index >= 15 is 0 Å². The first-order valence-electron chi connectivity index (χ1n) is 7.54. The summed E-state index contributed by atoms with van der Waals surface area (Å²) in [4.78, 5) is 19.9. The summed E-state index contributed by atoms with van der Waals surface area (Å²) >= 11 is 1.52. The molecule has 0 aliphatic heterocycles. The maximum Gasteiger partial charge on any atom is 0.265 e. The van der Waals surface area contributed by atoms with E-state index in [2.05, 4.69) is 32.7 Å². The molecule has 1 aromatic rings. The Morgan fingerprint density at radius 3 is 1.95 bits per heavy atom. The van der Waals surface area contributed by atoms with Gasteiger partial charge in [-0.15, -0.1) is 11.3 Å². The second-order valence-electron chi connectivity index (χ2n) is 6.30. The number of carbonyl (C=O) groups excluding carboxylic acids is 1. The lowest BCUT2D eigenvalue weighted by Crippen LogP contribution is -2.34. The van der Waals surface area contributed by atoms with Crippen LogP contribution in [-0.2, 0) is 0 Å². The molecule has 3 nitrogen and oxygen atoms in total. The van der Waals surface area contributed by atoms with Gasteiger partial charge in [0.15, 0.2) is 0 Å². The molecule has 0 aromatic carbocycles. The minimum absolute atomic E-state index is 0.161. The molecule has 0 radical (unpaired) electrons. The van der Waals surface area contributed by atoms with E-state index in [1.807, 2.05) is 18.7 Å². The van der Waals surface area contributed by atoms with Gasteiger partial charge >= 0.3 is 0 Å². The van der Waals surface area contributed by atoms with E-state index < -0.39 is 0 Å². The van der Waals surface area contributed by atoms with Crippen molar-refractivity contribution in [3.63, 3.8) is 0 Å². The molecule has 0 aliphatic carbocycles. The first kappa shape index (κ1) is 17.2. The molecule has 0 N–H and O–H groups in total. The third kappa shape index (κ3) is 5.23. The minimum Gasteiger partial charge on any atom is -0.338 e. The van der Waals surface area contributed by atoms with Gasteiger partial charge in [-0.25, -0.2) is 4.98 Å². The van der Waals surface area contributed by atoms with Crippen molar-refractivity contribution in [2.75, 3.05) is 13.1 Å². The number of hydrogen-bond acceptors (Lipinski definition) is 3. The first-order valence-corrected chi connectivity index (χ1v) is 8.36. The smallest absolute Gasteiger partial charge is 0.265 e. The van der Waals surface area contributed by atoms with Gasteiger partial charge < -0.3 is 4.90 Å². The SMILES string of the molecule is Cc1nc(C)c(C(=O)N(CCC(C)C)CCC(C)C)s1. The van der Waals surface area contributed by atoms with E-state index in [1.165, 1.54) is 11.3 Å². The third-order valence-corrected chi connectivity index (χ3v) is 4.40. The Morgan fingerprint density at radius 1 is 1.10 bits per heavy atom. The number of hydrogen-bond donors (Lipinski definition) is 0. The fraction of sp³-hybridized carbons (Fsp3) is 0.750. The van der Waals surface area contributed by atoms with Crippen molar-refractivity contribution in [2.45, 2.75) is 54.4 Å². The van der Waals surface area contributed by atoms with Crippen LogP contribution in [-0.4, -0.2) is 28.9 Å². The van der Waals surface area contributed by atoms with Crippen LogP contribution in [0.25, 0.3) is 0 Å². The number of amides is 1. The van der Waals surface area contributed by atoms with Gasteiger partial charge in [0.1, 0.15) is 4.88 Å². The summed E-state index contributed by atoms with van der Waals surface area (Å²) in [5, 5.41) is 0.971. The molecule has 0 saturated heterocycles. The Kier molecular flexibility index (Phi) is 6.66. The molecule has 1 amide bonds. The Balaban J connectivity index is 2.79. The van der Waals surface area contributed by atoms with Gasteiger partial charge in [-0.2, -0.15) is 0 Å². The second kappa shape index (κ2) is 7.77. The Hall–Kier alpha value is -0.900.